The van der Waals surface area contributed by atoms with Crippen LogP contribution in [0.3, 0.4) is 0 Å². The van der Waals surface area contributed by atoms with E-state index in [1.165, 1.54) is 6.92 Å². The fourth-order valence-corrected chi connectivity index (χ4v) is 2.23. The van der Waals surface area contributed by atoms with Crippen molar-refractivity contribution in [1.29, 1.82) is 5.26 Å². The minimum absolute atomic E-state index is 0.190. The number of carboxylic acid groups (broad SMARTS) is 1. The number of carbonyl (C=O) groups is 2. The first kappa shape index (κ1) is 16.2. The van der Waals surface area contributed by atoms with Gasteiger partial charge in [0.05, 0.1) is 18.1 Å². The summed E-state index contributed by atoms with van der Waals surface area (Å²) < 4.78 is 5.64. The quantitative estimate of drug-likeness (QED) is 0.829. The molecule has 0 saturated heterocycles. The molecule has 2 aromatic carbocycles. The van der Waals surface area contributed by atoms with E-state index in [0.29, 0.717) is 22.4 Å². The van der Waals surface area contributed by atoms with Gasteiger partial charge in [0.15, 0.2) is 5.78 Å². The Balaban J connectivity index is 2.22. The van der Waals surface area contributed by atoms with Gasteiger partial charge in [0.25, 0.3) is 0 Å². The lowest BCUT2D eigenvalue weighted by atomic mass is 10.0. The van der Waals surface area contributed by atoms with Crippen molar-refractivity contribution in [3.63, 3.8) is 0 Å². The summed E-state index contributed by atoms with van der Waals surface area (Å²) in [5, 5.41) is 18.0. The highest BCUT2D eigenvalue weighted by molar-refractivity contribution is 5.96. The number of hydrogen-bond donors (Lipinski definition) is 1. The maximum atomic E-state index is 11.6. The molecule has 0 spiro atoms. The average Bonchev–Trinajstić information content (AvgIpc) is 2.52. The van der Waals surface area contributed by atoms with Crippen LogP contribution in [0, 0.1) is 11.3 Å². The summed E-state index contributed by atoms with van der Waals surface area (Å²) in [6.45, 7) is 1.58. The van der Waals surface area contributed by atoms with Crippen LogP contribution in [0.25, 0.3) is 0 Å². The fourth-order valence-electron chi connectivity index (χ4n) is 2.23. The second-order valence-electron chi connectivity index (χ2n) is 5.00. The van der Waals surface area contributed by atoms with Gasteiger partial charge in [-0.3, -0.25) is 9.59 Å². The molecular weight excluding hydrogens is 294 g/mol. The third kappa shape index (κ3) is 4.17. The van der Waals surface area contributed by atoms with E-state index >= 15 is 0 Å². The molecule has 0 saturated carbocycles. The minimum Gasteiger partial charge on any atom is -0.489 e. The van der Waals surface area contributed by atoms with Crippen molar-refractivity contribution in [3.05, 3.63) is 64.7 Å². The van der Waals surface area contributed by atoms with Crippen molar-refractivity contribution in [3.8, 4) is 11.8 Å². The van der Waals surface area contributed by atoms with E-state index in [1.807, 2.05) is 6.07 Å². The molecule has 0 aromatic heterocycles. The topological polar surface area (TPSA) is 87.4 Å². The standard InChI is InChI=1S/C18H15NO4/c1-12(20)17-7-6-16(8-15(17)9-18(21)22)23-11-14-5-3-2-4-13(14)10-19/h2-8H,9,11H2,1H3,(H,21,22). The Morgan fingerprint density at radius 3 is 2.57 bits per heavy atom. The number of ketones is 1. The van der Waals surface area contributed by atoms with E-state index in [1.54, 1.807) is 36.4 Å². The van der Waals surface area contributed by atoms with Gasteiger partial charge in [0, 0.05) is 11.1 Å². The third-order valence-corrected chi connectivity index (χ3v) is 3.33. The van der Waals surface area contributed by atoms with Crippen molar-refractivity contribution in [2.45, 2.75) is 20.0 Å². The Labute approximate surface area is 133 Å². The molecule has 0 aliphatic carbocycles. The predicted octanol–water partition coefficient (Wildman–Crippen LogP) is 2.97. The molecule has 2 rings (SSSR count). The molecule has 2 aromatic rings. The maximum absolute atomic E-state index is 11.6. The molecular formula is C18H15NO4. The summed E-state index contributed by atoms with van der Waals surface area (Å²) in [5.74, 6) is -0.749. The zero-order valence-electron chi connectivity index (χ0n) is 12.6. The smallest absolute Gasteiger partial charge is 0.307 e. The number of rotatable bonds is 6. The molecule has 5 nitrogen and oxygen atoms in total. The highest BCUT2D eigenvalue weighted by atomic mass is 16.5. The highest BCUT2D eigenvalue weighted by Crippen LogP contribution is 2.21. The van der Waals surface area contributed by atoms with Crippen LogP contribution in [0.2, 0.25) is 0 Å². The largest absolute Gasteiger partial charge is 0.489 e. The van der Waals surface area contributed by atoms with Gasteiger partial charge in [0.2, 0.25) is 0 Å². The second-order valence-corrected chi connectivity index (χ2v) is 5.00. The second kappa shape index (κ2) is 7.23. The number of nitriles is 1. The first-order valence-corrected chi connectivity index (χ1v) is 6.97. The molecule has 0 aliphatic heterocycles. The van der Waals surface area contributed by atoms with Gasteiger partial charge in [-0.05, 0) is 36.8 Å². The molecule has 0 atom stereocenters. The van der Waals surface area contributed by atoms with Crippen LogP contribution in [0.1, 0.15) is 34.0 Å². The number of carboxylic acids is 1. The Kier molecular flexibility index (Phi) is 5.11. The fraction of sp³-hybridized carbons (Fsp3) is 0.167. The number of Topliss-reactive ketones (excluding diaryl/α,β-unsaturated/α-hetero) is 1. The molecule has 0 fully saturated rings. The van der Waals surface area contributed by atoms with Gasteiger partial charge >= 0.3 is 5.97 Å². The van der Waals surface area contributed by atoms with Crippen LogP contribution in [-0.4, -0.2) is 16.9 Å². The van der Waals surface area contributed by atoms with Crippen LogP contribution < -0.4 is 4.74 Å². The molecule has 5 heteroatoms. The number of hydrogen-bond acceptors (Lipinski definition) is 4. The summed E-state index contributed by atoms with van der Waals surface area (Å²) in [6.07, 6.45) is -0.249. The SMILES string of the molecule is CC(=O)c1ccc(OCc2ccccc2C#N)cc1CC(=O)O. The summed E-state index contributed by atoms with van der Waals surface area (Å²) in [7, 11) is 0. The first-order chi connectivity index (χ1) is 11.0. The van der Waals surface area contributed by atoms with Crippen LogP contribution in [-0.2, 0) is 17.8 Å². The third-order valence-electron chi connectivity index (χ3n) is 3.33. The van der Waals surface area contributed by atoms with E-state index in [2.05, 4.69) is 6.07 Å². The minimum atomic E-state index is -1.01. The Morgan fingerprint density at radius 2 is 1.91 bits per heavy atom. The summed E-state index contributed by atoms with van der Waals surface area (Å²) in [5.41, 5.74) is 2.05. The van der Waals surface area contributed by atoms with E-state index in [4.69, 9.17) is 15.1 Å². The van der Waals surface area contributed by atoms with Crippen molar-refractivity contribution < 1.29 is 19.4 Å². The first-order valence-electron chi connectivity index (χ1n) is 6.97. The predicted molar refractivity (Wildman–Crippen MR) is 83.3 cm³/mol. The summed E-state index contributed by atoms with van der Waals surface area (Å²) in [4.78, 5) is 22.5. The van der Waals surface area contributed by atoms with Crippen molar-refractivity contribution in [2.75, 3.05) is 0 Å². The van der Waals surface area contributed by atoms with E-state index in [-0.39, 0.29) is 18.8 Å². The van der Waals surface area contributed by atoms with Crippen molar-refractivity contribution >= 4 is 11.8 Å². The number of benzene rings is 2. The molecule has 0 aliphatic rings. The zero-order valence-corrected chi connectivity index (χ0v) is 12.6. The normalized spacial score (nSPS) is 9.91. The molecule has 0 unspecified atom stereocenters. The summed E-state index contributed by atoms with van der Waals surface area (Å²) in [6, 6.07) is 13.9. The molecule has 0 radical (unpaired) electrons. The Hall–Kier alpha value is -3.13. The lowest BCUT2D eigenvalue weighted by Gasteiger charge is -2.11. The molecule has 0 amide bonds. The van der Waals surface area contributed by atoms with Crippen LogP contribution in [0.4, 0.5) is 0 Å². The number of carbonyl (C=O) groups excluding carboxylic acids is 1. The van der Waals surface area contributed by atoms with E-state index in [9.17, 15) is 9.59 Å². The van der Waals surface area contributed by atoms with E-state index < -0.39 is 5.97 Å². The molecule has 23 heavy (non-hydrogen) atoms. The maximum Gasteiger partial charge on any atom is 0.307 e. The van der Waals surface area contributed by atoms with Crippen LogP contribution in [0.5, 0.6) is 5.75 Å². The number of aliphatic carboxylic acids is 1. The van der Waals surface area contributed by atoms with Crippen LogP contribution in [0.15, 0.2) is 42.5 Å². The lowest BCUT2D eigenvalue weighted by Crippen LogP contribution is -2.07. The van der Waals surface area contributed by atoms with Crippen LogP contribution >= 0.6 is 0 Å². The average molecular weight is 309 g/mol. The van der Waals surface area contributed by atoms with Crippen molar-refractivity contribution in [2.24, 2.45) is 0 Å². The van der Waals surface area contributed by atoms with Gasteiger partial charge in [-0.2, -0.15) is 5.26 Å². The van der Waals surface area contributed by atoms with Gasteiger partial charge in [0.1, 0.15) is 12.4 Å². The number of ether oxygens (including phenoxy) is 1. The Bertz CT molecular complexity index is 790. The van der Waals surface area contributed by atoms with Crippen molar-refractivity contribution in [1.82, 2.24) is 0 Å². The Morgan fingerprint density at radius 1 is 1.17 bits per heavy atom. The van der Waals surface area contributed by atoms with Gasteiger partial charge < -0.3 is 9.84 Å². The summed E-state index contributed by atoms with van der Waals surface area (Å²) >= 11 is 0. The lowest BCUT2D eigenvalue weighted by molar-refractivity contribution is -0.136. The van der Waals surface area contributed by atoms with Gasteiger partial charge in [-0.25, -0.2) is 0 Å². The monoisotopic (exact) mass is 309 g/mol. The highest BCUT2D eigenvalue weighted by Gasteiger charge is 2.12. The van der Waals surface area contributed by atoms with Gasteiger partial charge in [-0.15, -0.1) is 0 Å². The molecule has 1 N–H and O–H groups in total. The van der Waals surface area contributed by atoms with Gasteiger partial charge in [-0.1, -0.05) is 18.2 Å². The van der Waals surface area contributed by atoms with E-state index in [0.717, 1.165) is 5.56 Å². The molecule has 116 valence electrons. The number of nitrogens with zero attached hydrogens (tertiary/aromatic N) is 1. The zero-order chi connectivity index (χ0) is 16.8. The molecule has 0 heterocycles. The molecule has 0 bridgehead atoms.